The van der Waals surface area contributed by atoms with Crippen molar-refractivity contribution in [2.45, 2.75) is 23.7 Å². The largest absolute Gasteiger partial charge is 0.573 e. The van der Waals surface area contributed by atoms with Gasteiger partial charge < -0.3 is 10.1 Å². The van der Waals surface area contributed by atoms with E-state index in [-0.39, 0.29) is 11.7 Å². The van der Waals surface area contributed by atoms with E-state index in [0.29, 0.717) is 10.8 Å². The van der Waals surface area contributed by atoms with Gasteiger partial charge in [0, 0.05) is 5.69 Å². The molecule has 1 unspecified atom stereocenters. The van der Waals surface area contributed by atoms with Gasteiger partial charge in [-0.2, -0.15) is 4.68 Å². The Kier molecular flexibility index (Phi) is 5.83. The van der Waals surface area contributed by atoms with E-state index in [0.717, 1.165) is 29.6 Å². The smallest absolute Gasteiger partial charge is 0.406 e. The Balaban J connectivity index is 1.62. The van der Waals surface area contributed by atoms with Crippen LogP contribution < -0.4 is 10.1 Å². The summed E-state index contributed by atoms with van der Waals surface area (Å²) < 4.78 is 41.8. The fourth-order valence-electron chi connectivity index (χ4n) is 2.18. The minimum absolute atomic E-state index is 0.342. The van der Waals surface area contributed by atoms with Crippen LogP contribution in [-0.4, -0.2) is 37.7 Å². The van der Waals surface area contributed by atoms with Crippen LogP contribution in [0.15, 0.2) is 59.8 Å². The van der Waals surface area contributed by atoms with Crippen molar-refractivity contribution in [1.29, 1.82) is 0 Å². The quantitative estimate of drug-likeness (QED) is 0.626. The van der Waals surface area contributed by atoms with Gasteiger partial charge in [0.15, 0.2) is 0 Å². The number of thioether (sulfide) groups is 1. The molecule has 1 atom stereocenters. The second kappa shape index (κ2) is 8.30. The lowest BCUT2D eigenvalue weighted by molar-refractivity contribution is -0.274. The SMILES string of the molecule is CC(Sc1nnnn1-c1ccccc1)C(=O)Nc1ccc(OC(F)(F)F)cc1. The molecule has 3 rings (SSSR count). The van der Waals surface area contributed by atoms with Gasteiger partial charge in [0.05, 0.1) is 10.9 Å². The van der Waals surface area contributed by atoms with Gasteiger partial charge in [-0.15, -0.1) is 18.3 Å². The number of nitrogens with zero attached hydrogens (tertiary/aromatic N) is 4. The Morgan fingerprint density at radius 3 is 2.46 bits per heavy atom. The van der Waals surface area contributed by atoms with Gasteiger partial charge in [0.2, 0.25) is 11.1 Å². The number of benzene rings is 2. The number of hydrogen-bond donors (Lipinski definition) is 1. The van der Waals surface area contributed by atoms with Gasteiger partial charge in [0.25, 0.3) is 0 Å². The molecule has 1 N–H and O–H groups in total. The highest BCUT2D eigenvalue weighted by molar-refractivity contribution is 8.00. The number of amides is 1. The molecule has 0 aliphatic rings. The maximum absolute atomic E-state index is 12.4. The van der Waals surface area contributed by atoms with E-state index in [1.54, 1.807) is 6.92 Å². The first-order valence-corrected chi connectivity index (χ1v) is 8.87. The average molecular weight is 409 g/mol. The summed E-state index contributed by atoms with van der Waals surface area (Å²) in [6, 6.07) is 14.1. The van der Waals surface area contributed by atoms with Crippen molar-refractivity contribution in [3.05, 3.63) is 54.6 Å². The normalized spacial score (nSPS) is 12.4. The molecular formula is C17H14F3N5O2S. The highest BCUT2D eigenvalue weighted by Gasteiger charge is 2.31. The summed E-state index contributed by atoms with van der Waals surface area (Å²) in [7, 11) is 0. The van der Waals surface area contributed by atoms with Crippen molar-refractivity contribution in [3.8, 4) is 11.4 Å². The van der Waals surface area contributed by atoms with Crippen LogP contribution in [0.5, 0.6) is 5.75 Å². The third kappa shape index (κ3) is 5.22. The molecule has 1 aromatic heterocycles. The van der Waals surface area contributed by atoms with Gasteiger partial charge >= 0.3 is 6.36 Å². The van der Waals surface area contributed by atoms with E-state index in [1.807, 2.05) is 30.3 Å². The number of ether oxygens (including phenoxy) is 1. The zero-order valence-corrected chi connectivity index (χ0v) is 15.2. The average Bonchev–Trinajstić information content (AvgIpc) is 3.11. The summed E-state index contributed by atoms with van der Waals surface area (Å²) in [6.45, 7) is 1.67. The number of alkyl halides is 3. The number of carbonyl (C=O) groups is 1. The first-order valence-electron chi connectivity index (χ1n) is 7.99. The summed E-state index contributed by atoms with van der Waals surface area (Å²) >= 11 is 1.15. The molecule has 0 saturated carbocycles. The fourth-order valence-corrected chi connectivity index (χ4v) is 2.99. The van der Waals surface area contributed by atoms with Crippen LogP contribution in [0.25, 0.3) is 5.69 Å². The molecule has 0 aliphatic carbocycles. The van der Waals surface area contributed by atoms with Crippen molar-refractivity contribution in [2.75, 3.05) is 5.32 Å². The van der Waals surface area contributed by atoms with Crippen LogP contribution in [-0.2, 0) is 4.79 Å². The van der Waals surface area contributed by atoms with Crippen molar-refractivity contribution < 1.29 is 22.7 Å². The summed E-state index contributed by atoms with van der Waals surface area (Å²) in [6.07, 6.45) is -4.77. The maximum atomic E-state index is 12.4. The highest BCUT2D eigenvalue weighted by atomic mass is 32.2. The van der Waals surface area contributed by atoms with Crippen molar-refractivity contribution in [3.63, 3.8) is 0 Å². The predicted molar refractivity (Wildman–Crippen MR) is 96.2 cm³/mol. The number of para-hydroxylation sites is 1. The van der Waals surface area contributed by atoms with Crippen molar-refractivity contribution in [1.82, 2.24) is 20.2 Å². The molecule has 0 saturated heterocycles. The minimum Gasteiger partial charge on any atom is -0.406 e. The Labute approximate surface area is 161 Å². The molecule has 2 aromatic carbocycles. The van der Waals surface area contributed by atoms with E-state index in [9.17, 15) is 18.0 Å². The standard InChI is InChI=1S/C17H14F3N5O2S/c1-11(28-16-22-23-24-25(16)13-5-3-2-4-6-13)15(26)21-12-7-9-14(10-8-12)27-17(18,19)20/h2-11H,1H3,(H,21,26). The first kappa shape index (κ1) is 19.7. The number of tetrazole rings is 1. The Bertz CT molecular complexity index is 932. The molecular weight excluding hydrogens is 395 g/mol. The summed E-state index contributed by atoms with van der Waals surface area (Å²) in [5, 5.41) is 14.0. The Morgan fingerprint density at radius 2 is 1.82 bits per heavy atom. The van der Waals surface area contributed by atoms with Crippen molar-refractivity contribution >= 4 is 23.4 Å². The lowest BCUT2D eigenvalue weighted by atomic mass is 10.3. The van der Waals surface area contributed by atoms with Crippen LogP contribution in [0.3, 0.4) is 0 Å². The molecule has 28 heavy (non-hydrogen) atoms. The number of aromatic nitrogens is 4. The molecule has 0 radical (unpaired) electrons. The number of halogens is 3. The topological polar surface area (TPSA) is 81.9 Å². The van der Waals surface area contributed by atoms with Gasteiger partial charge in [-0.05, 0) is 53.7 Å². The fraction of sp³-hybridized carbons (Fsp3) is 0.176. The molecule has 0 bridgehead atoms. The van der Waals surface area contributed by atoms with E-state index < -0.39 is 11.6 Å². The molecule has 1 amide bonds. The second-order valence-electron chi connectivity index (χ2n) is 5.53. The zero-order valence-electron chi connectivity index (χ0n) is 14.4. The van der Waals surface area contributed by atoms with Gasteiger partial charge in [-0.1, -0.05) is 30.0 Å². The van der Waals surface area contributed by atoms with Crippen LogP contribution in [0.1, 0.15) is 6.92 Å². The molecule has 146 valence electrons. The third-order valence-corrected chi connectivity index (χ3v) is 4.48. The number of carbonyl (C=O) groups excluding carboxylic acids is 1. The zero-order chi connectivity index (χ0) is 20.1. The summed E-state index contributed by atoms with van der Waals surface area (Å²) in [4.78, 5) is 12.4. The van der Waals surface area contributed by atoms with Crippen LogP contribution in [0.2, 0.25) is 0 Å². The van der Waals surface area contributed by atoms with Crippen LogP contribution in [0.4, 0.5) is 18.9 Å². The summed E-state index contributed by atoms with van der Waals surface area (Å²) in [5.74, 6) is -0.716. The minimum atomic E-state index is -4.77. The molecule has 0 fully saturated rings. The number of rotatable bonds is 6. The van der Waals surface area contributed by atoms with Gasteiger partial charge in [0.1, 0.15) is 5.75 Å². The summed E-state index contributed by atoms with van der Waals surface area (Å²) in [5.41, 5.74) is 1.09. The van der Waals surface area contributed by atoms with Gasteiger partial charge in [-0.25, -0.2) is 0 Å². The van der Waals surface area contributed by atoms with Crippen molar-refractivity contribution in [2.24, 2.45) is 0 Å². The Hall–Kier alpha value is -3.08. The lowest BCUT2D eigenvalue weighted by Gasteiger charge is -2.13. The highest BCUT2D eigenvalue weighted by Crippen LogP contribution is 2.26. The molecule has 1 heterocycles. The monoisotopic (exact) mass is 409 g/mol. The molecule has 3 aromatic rings. The van der Waals surface area contributed by atoms with E-state index in [1.165, 1.54) is 16.8 Å². The third-order valence-electron chi connectivity index (χ3n) is 3.45. The number of hydrogen-bond acceptors (Lipinski definition) is 6. The lowest BCUT2D eigenvalue weighted by Crippen LogP contribution is -2.23. The molecule has 7 nitrogen and oxygen atoms in total. The van der Waals surface area contributed by atoms with E-state index >= 15 is 0 Å². The second-order valence-corrected chi connectivity index (χ2v) is 6.84. The Morgan fingerprint density at radius 1 is 1.14 bits per heavy atom. The van der Waals surface area contributed by atoms with Gasteiger partial charge in [-0.3, -0.25) is 4.79 Å². The van der Waals surface area contributed by atoms with E-state index in [4.69, 9.17) is 0 Å². The number of nitrogens with one attached hydrogen (secondary N) is 1. The van der Waals surface area contributed by atoms with E-state index in [2.05, 4.69) is 25.6 Å². The first-order chi connectivity index (χ1) is 13.3. The molecule has 0 aliphatic heterocycles. The van der Waals surface area contributed by atoms with Crippen LogP contribution in [0, 0.1) is 0 Å². The predicted octanol–water partition coefficient (Wildman–Crippen LogP) is 3.68. The maximum Gasteiger partial charge on any atom is 0.573 e. The molecule has 0 spiro atoms. The number of anilines is 1. The molecule has 11 heteroatoms. The van der Waals surface area contributed by atoms with Crippen LogP contribution >= 0.6 is 11.8 Å².